The van der Waals surface area contributed by atoms with E-state index >= 15 is 0 Å². The first kappa shape index (κ1) is 15.8. The van der Waals surface area contributed by atoms with Crippen LogP contribution in [-0.4, -0.2) is 12.5 Å². The van der Waals surface area contributed by atoms with Gasteiger partial charge < -0.3 is 10.6 Å². The fourth-order valence-electron chi connectivity index (χ4n) is 1.87. The second kappa shape index (κ2) is 7.40. The highest BCUT2D eigenvalue weighted by Crippen LogP contribution is 2.21. The maximum Gasteiger partial charge on any atom is 0.257 e. The zero-order valence-electron chi connectivity index (χ0n) is 11.6. The lowest BCUT2D eigenvalue weighted by Crippen LogP contribution is -2.16. The molecule has 0 bridgehead atoms. The van der Waals surface area contributed by atoms with Gasteiger partial charge in [-0.3, -0.25) is 4.79 Å². The molecule has 110 valence electrons. The molecule has 0 aliphatic heterocycles. The van der Waals surface area contributed by atoms with E-state index in [-0.39, 0.29) is 11.6 Å². The molecule has 0 aliphatic rings. The van der Waals surface area contributed by atoms with Gasteiger partial charge in [-0.05, 0) is 65.4 Å². The number of rotatable bonds is 5. The van der Waals surface area contributed by atoms with Crippen LogP contribution in [0, 0.1) is 9.39 Å². The van der Waals surface area contributed by atoms with E-state index in [1.54, 1.807) is 6.07 Å². The monoisotopic (exact) mass is 398 g/mol. The smallest absolute Gasteiger partial charge is 0.257 e. The molecule has 0 radical (unpaired) electrons. The van der Waals surface area contributed by atoms with Crippen molar-refractivity contribution in [1.82, 2.24) is 0 Å². The van der Waals surface area contributed by atoms with Crippen molar-refractivity contribution in [1.29, 1.82) is 0 Å². The summed E-state index contributed by atoms with van der Waals surface area (Å²) in [6.45, 7) is 2.60. The number of para-hydroxylation sites is 1. The van der Waals surface area contributed by atoms with Crippen molar-refractivity contribution in [2.24, 2.45) is 0 Å². The van der Waals surface area contributed by atoms with E-state index < -0.39 is 5.82 Å². The third-order valence-electron chi connectivity index (χ3n) is 2.91. The normalized spacial score (nSPS) is 10.2. The highest BCUT2D eigenvalue weighted by Gasteiger charge is 2.14. The second-order valence-electron chi connectivity index (χ2n) is 4.55. The average Bonchev–Trinajstić information content (AvgIpc) is 2.48. The first-order valence-corrected chi connectivity index (χ1v) is 7.79. The maximum atomic E-state index is 13.9. The SMILES string of the molecule is CCCNc1c(F)cccc1C(=O)Nc1ccc(I)cc1. The lowest BCUT2D eigenvalue weighted by Gasteiger charge is -2.12. The van der Waals surface area contributed by atoms with E-state index in [2.05, 4.69) is 33.2 Å². The van der Waals surface area contributed by atoms with E-state index in [1.165, 1.54) is 12.1 Å². The first-order valence-electron chi connectivity index (χ1n) is 6.71. The van der Waals surface area contributed by atoms with Crippen LogP contribution >= 0.6 is 22.6 Å². The van der Waals surface area contributed by atoms with Crippen molar-refractivity contribution in [3.05, 3.63) is 57.4 Å². The predicted octanol–water partition coefficient (Wildman–Crippen LogP) is 4.50. The lowest BCUT2D eigenvalue weighted by atomic mass is 10.1. The van der Waals surface area contributed by atoms with Gasteiger partial charge >= 0.3 is 0 Å². The van der Waals surface area contributed by atoms with E-state index in [0.717, 1.165) is 9.99 Å². The molecule has 3 nitrogen and oxygen atoms in total. The van der Waals surface area contributed by atoms with Gasteiger partial charge in [-0.15, -0.1) is 0 Å². The molecule has 0 atom stereocenters. The number of carbonyl (C=O) groups is 1. The summed E-state index contributed by atoms with van der Waals surface area (Å²) in [6.07, 6.45) is 0.854. The predicted molar refractivity (Wildman–Crippen MR) is 92.3 cm³/mol. The minimum Gasteiger partial charge on any atom is -0.382 e. The van der Waals surface area contributed by atoms with Crippen molar-refractivity contribution in [2.45, 2.75) is 13.3 Å². The van der Waals surface area contributed by atoms with Crippen LogP contribution in [0.5, 0.6) is 0 Å². The number of hydrogen-bond acceptors (Lipinski definition) is 2. The summed E-state index contributed by atoms with van der Waals surface area (Å²) in [5, 5.41) is 5.75. The number of amides is 1. The maximum absolute atomic E-state index is 13.9. The molecule has 1 amide bonds. The van der Waals surface area contributed by atoms with Crippen LogP contribution in [-0.2, 0) is 0 Å². The Morgan fingerprint density at radius 1 is 1.19 bits per heavy atom. The summed E-state index contributed by atoms with van der Waals surface area (Å²) >= 11 is 2.19. The van der Waals surface area contributed by atoms with E-state index in [9.17, 15) is 9.18 Å². The number of halogens is 2. The molecule has 21 heavy (non-hydrogen) atoms. The van der Waals surface area contributed by atoms with Crippen molar-refractivity contribution < 1.29 is 9.18 Å². The summed E-state index contributed by atoms with van der Waals surface area (Å²) in [4.78, 5) is 12.3. The third kappa shape index (κ3) is 4.17. The van der Waals surface area contributed by atoms with Crippen LogP contribution in [0.1, 0.15) is 23.7 Å². The lowest BCUT2D eigenvalue weighted by molar-refractivity contribution is 0.102. The Morgan fingerprint density at radius 3 is 2.57 bits per heavy atom. The van der Waals surface area contributed by atoms with Gasteiger partial charge in [0.25, 0.3) is 5.91 Å². The van der Waals surface area contributed by atoms with Gasteiger partial charge in [0.1, 0.15) is 5.82 Å². The van der Waals surface area contributed by atoms with Crippen LogP contribution in [0.4, 0.5) is 15.8 Å². The average molecular weight is 398 g/mol. The highest BCUT2D eigenvalue weighted by molar-refractivity contribution is 14.1. The number of hydrogen-bond donors (Lipinski definition) is 2. The summed E-state index contributed by atoms with van der Waals surface area (Å²) in [5.41, 5.74) is 1.25. The Kier molecular flexibility index (Phi) is 5.55. The third-order valence-corrected chi connectivity index (χ3v) is 3.63. The molecule has 0 saturated heterocycles. The Hall–Kier alpha value is -1.63. The summed E-state index contributed by atoms with van der Waals surface area (Å²) in [5.74, 6) is -0.743. The van der Waals surface area contributed by atoms with Crippen molar-refractivity contribution >= 4 is 39.9 Å². The van der Waals surface area contributed by atoms with Crippen LogP contribution < -0.4 is 10.6 Å². The van der Waals surface area contributed by atoms with Gasteiger partial charge in [-0.25, -0.2) is 4.39 Å². The molecule has 5 heteroatoms. The highest BCUT2D eigenvalue weighted by atomic mass is 127. The molecule has 0 fully saturated rings. The van der Waals surface area contributed by atoms with Crippen molar-refractivity contribution in [3.63, 3.8) is 0 Å². The van der Waals surface area contributed by atoms with Crippen molar-refractivity contribution in [3.8, 4) is 0 Å². The Labute approximate surface area is 137 Å². The molecular formula is C16H16FIN2O. The molecule has 2 rings (SSSR count). The molecule has 2 N–H and O–H groups in total. The number of carbonyl (C=O) groups excluding carboxylic acids is 1. The quantitative estimate of drug-likeness (QED) is 0.729. The topological polar surface area (TPSA) is 41.1 Å². The van der Waals surface area contributed by atoms with Crippen LogP contribution in [0.2, 0.25) is 0 Å². The van der Waals surface area contributed by atoms with Crippen LogP contribution in [0.3, 0.4) is 0 Å². The van der Waals surface area contributed by atoms with Gasteiger partial charge in [0.2, 0.25) is 0 Å². The zero-order chi connectivity index (χ0) is 15.2. The molecule has 0 spiro atoms. The summed E-state index contributed by atoms with van der Waals surface area (Å²) < 4.78 is 15.0. The van der Waals surface area contributed by atoms with Gasteiger partial charge in [0.15, 0.2) is 0 Å². The number of anilines is 2. The van der Waals surface area contributed by atoms with Crippen LogP contribution in [0.25, 0.3) is 0 Å². The van der Waals surface area contributed by atoms with E-state index in [1.807, 2.05) is 31.2 Å². The van der Waals surface area contributed by atoms with Gasteiger partial charge in [0, 0.05) is 15.8 Å². The molecule has 0 aliphatic carbocycles. The van der Waals surface area contributed by atoms with Gasteiger partial charge in [-0.1, -0.05) is 13.0 Å². The van der Waals surface area contributed by atoms with Crippen molar-refractivity contribution in [2.75, 3.05) is 17.2 Å². The van der Waals surface area contributed by atoms with Gasteiger partial charge in [-0.2, -0.15) is 0 Å². The second-order valence-corrected chi connectivity index (χ2v) is 5.80. The summed E-state index contributed by atoms with van der Waals surface area (Å²) in [6, 6.07) is 11.9. The molecule has 2 aromatic rings. The Bertz CT molecular complexity index is 629. The zero-order valence-corrected chi connectivity index (χ0v) is 13.8. The fourth-order valence-corrected chi connectivity index (χ4v) is 2.23. The molecule has 0 unspecified atom stereocenters. The standard InChI is InChI=1S/C16H16FIN2O/c1-2-10-19-15-13(4-3-5-14(15)17)16(21)20-12-8-6-11(18)7-9-12/h3-9,19H,2,10H2,1H3,(H,20,21). The molecule has 0 heterocycles. The summed E-state index contributed by atoms with van der Waals surface area (Å²) in [7, 11) is 0. The van der Waals surface area contributed by atoms with E-state index in [4.69, 9.17) is 0 Å². The number of benzene rings is 2. The molecule has 2 aromatic carbocycles. The Morgan fingerprint density at radius 2 is 1.90 bits per heavy atom. The largest absolute Gasteiger partial charge is 0.382 e. The minimum absolute atomic E-state index is 0.252. The number of nitrogens with one attached hydrogen (secondary N) is 2. The molecule has 0 aromatic heterocycles. The van der Waals surface area contributed by atoms with Crippen LogP contribution in [0.15, 0.2) is 42.5 Å². The molecule has 0 saturated carbocycles. The fraction of sp³-hybridized carbons (Fsp3) is 0.188. The van der Waals surface area contributed by atoms with E-state index in [0.29, 0.717) is 17.8 Å². The minimum atomic E-state index is -0.418. The first-order chi connectivity index (χ1) is 10.1. The van der Waals surface area contributed by atoms with Gasteiger partial charge in [0.05, 0.1) is 11.3 Å². The Balaban J connectivity index is 2.22. The molecular weight excluding hydrogens is 382 g/mol.